The van der Waals surface area contributed by atoms with Crippen molar-refractivity contribution in [1.29, 1.82) is 0 Å². The standard InChI is InChI=1S/C11H21N/c1-3-9(2)11(10-5-6-10)7-4-8-12-11/h9-10,12H,3-8H2,1-2H3. The zero-order valence-electron chi connectivity index (χ0n) is 8.40. The van der Waals surface area contributed by atoms with E-state index in [4.69, 9.17) is 0 Å². The van der Waals surface area contributed by atoms with Gasteiger partial charge in [0.25, 0.3) is 0 Å². The Morgan fingerprint density at radius 3 is 2.67 bits per heavy atom. The molecular weight excluding hydrogens is 146 g/mol. The lowest BCUT2D eigenvalue weighted by atomic mass is 9.78. The van der Waals surface area contributed by atoms with Crippen LogP contribution < -0.4 is 5.32 Å². The Morgan fingerprint density at radius 2 is 2.25 bits per heavy atom. The third-order valence-corrected chi connectivity index (χ3v) is 4.02. The smallest absolute Gasteiger partial charge is 0.0235 e. The second kappa shape index (κ2) is 3.02. The molecule has 2 fully saturated rings. The van der Waals surface area contributed by atoms with Crippen LogP contribution in [0.5, 0.6) is 0 Å². The molecule has 2 unspecified atom stereocenters. The number of hydrogen-bond donors (Lipinski definition) is 1. The Morgan fingerprint density at radius 1 is 1.50 bits per heavy atom. The topological polar surface area (TPSA) is 12.0 Å². The van der Waals surface area contributed by atoms with Gasteiger partial charge in [-0.25, -0.2) is 0 Å². The quantitative estimate of drug-likeness (QED) is 0.681. The Bertz CT molecular complexity index is 154. The van der Waals surface area contributed by atoms with Crippen LogP contribution in [0.1, 0.15) is 46.0 Å². The van der Waals surface area contributed by atoms with Crippen molar-refractivity contribution in [1.82, 2.24) is 5.32 Å². The normalized spacial score (nSPS) is 38.5. The summed E-state index contributed by atoms with van der Waals surface area (Å²) in [7, 11) is 0. The van der Waals surface area contributed by atoms with E-state index < -0.39 is 0 Å². The summed E-state index contributed by atoms with van der Waals surface area (Å²) in [5, 5.41) is 3.78. The van der Waals surface area contributed by atoms with Crippen LogP contribution in [0, 0.1) is 11.8 Å². The summed E-state index contributed by atoms with van der Waals surface area (Å²) in [6.07, 6.45) is 7.14. The molecule has 0 bridgehead atoms. The molecule has 2 rings (SSSR count). The van der Waals surface area contributed by atoms with Gasteiger partial charge in [0.15, 0.2) is 0 Å². The minimum Gasteiger partial charge on any atom is -0.311 e. The molecule has 0 spiro atoms. The average molecular weight is 167 g/mol. The number of rotatable bonds is 3. The molecule has 1 heterocycles. The average Bonchev–Trinajstić information content (AvgIpc) is 2.84. The summed E-state index contributed by atoms with van der Waals surface area (Å²) >= 11 is 0. The summed E-state index contributed by atoms with van der Waals surface area (Å²) in [5.41, 5.74) is 0.564. The molecule has 2 aliphatic rings. The summed E-state index contributed by atoms with van der Waals surface area (Å²) in [4.78, 5) is 0. The Labute approximate surface area is 75.9 Å². The van der Waals surface area contributed by atoms with Gasteiger partial charge in [-0.3, -0.25) is 0 Å². The van der Waals surface area contributed by atoms with Crippen LogP contribution in [0.25, 0.3) is 0 Å². The van der Waals surface area contributed by atoms with Crippen molar-refractivity contribution in [3.8, 4) is 0 Å². The van der Waals surface area contributed by atoms with Gasteiger partial charge in [0.1, 0.15) is 0 Å². The van der Waals surface area contributed by atoms with E-state index in [1.165, 1.54) is 38.6 Å². The van der Waals surface area contributed by atoms with Crippen molar-refractivity contribution in [3.05, 3.63) is 0 Å². The van der Waals surface area contributed by atoms with E-state index in [0.717, 1.165) is 11.8 Å². The first-order valence-corrected chi connectivity index (χ1v) is 5.54. The molecule has 0 aromatic heterocycles. The van der Waals surface area contributed by atoms with E-state index in [-0.39, 0.29) is 0 Å². The SMILES string of the molecule is CCC(C)C1(C2CC2)CCCN1. The van der Waals surface area contributed by atoms with Gasteiger partial charge in [0.2, 0.25) is 0 Å². The zero-order valence-corrected chi connectivity index (χ0v) is 8.40. The van der Waals surface area contributed by atoms with E-state index >= 15 is 0 Å². The van der Waals surface area contributed by atoms with Gasteiger partial charge < -0.3 is 5.32 Å². The van der Waals surface area contributed by atoms with Crippen molar-refractivity contribution in [2.45, 2.75) is 51.5 Å². The highest BCUT2D eigenvalue weighted by Gasteiger charge is 2.49. The monoisotopic (exact) mass is 167 g/mol. The van der Waals surface area contributed by atoms with Gasteiger partial charge in [0, 0.05) is 5.54 Å². The molecular formula is C11H21N. The van der Waals surface area contributed by atoms with Crippen LogP contribution in [-0.4, -0.2) is 12.1 Å². The summed E-state index contributed by atoms with van der Waals surface area (Å²) in [5.74, 6) is 1.91. The maximum Gasteiger partial charge on any atom is 0.0235 e. The summed E-state index contributed by atoms with van der Waals surface area (Å²) in [6.45, 7) is 6.02. The van der Waals surface area contributed by atoms with Gasteiger partial charge in [0.05, 0.1) is 0 Å². The molecule has 0 aromatic carbocycles. The van der Waals surface area contributed by atoms with Crippen molar-refractivity contribution >= 4 is 0 Å². The molecule has 1 aliphatic carbocycles. The van der Waals surface area contributed by atoms with Crippen molar-refractivity contribution in [2.75, 3.05) is 6.54 Å². The van der Waals surface area contributed by atoms with Crippen molar-refractivity contribution in [2.24, 2.45) is 11.8 Å². The lowest BCUT2D eigenvalue weighted by Gasteiger charge is -2.36. The minimum absolute atomic E-state index is 0.564. The molecule has 1 saturated carbocycles. The van der Waals surface area contributed by atoms with Crippen LogP contribution in [0.4, 0.5) is 0 Å². The van der Waals surface area contributed by atoms with Gasteiger partial charge in [-0.05, 0) is 44.1 Å². The Hall–Kier alpha value is -0.0400. The predicted octanol–water partition coefficient (Wildman–Crippen LogP) is 2.56. The second-order valence-corrected chi connectivity index (χ2v) is 4.65. The molecule has 1 heteroatoms. The molecule has 1 nitrogen and oxygen atoms in total. The van der Waals surface area contributed by atoms with Crippen LogP contribution in [0.15, 0.2) is 0 Å². The lowest BCUT2D eigenvalue weighted by Crippen LogP contribution is -2.47. The van der Waals surface area contributed by atoms with E-state index in [9.17, 15) is 0 Å². The molecule has 2 atom stereocenters. The molecule has 1 N–H and O–H groups in total. The fourth-order valence-electron chi connectivity index (χ4n) is 2.92. The lowest BCUT2D eigenvalue weighted by molar-refractivity contribution is 0.212. The Balaban J connectivity index is 2.09. The highest BCUT2D eigenvalue weighted by Crippen LogP contribution is 2.48. The fraction of sp³-hybridized carbons (Fsp3) is 1.00. The highest BCUT2D eigenvalue weighted by molar-refractivity contribution is 5.06. The maximum absolute atomic E-state index is 3.78. The third-order valence-electron chi connectivity index (χ3n) is 4.02. The summed E-state index contributed by atoms with van der Waals surface area (Å²) in [6, 6.07) is 0. The van der Waals surface area contributed by atoms with Gasteiger partial charge >= 0.3 is 0 Å². The van der Waals surface area contributed by atoms with Crippen LogP contribution in [-0.2, 0) is 0 Å². The van der Waals surface area contributed by atoms with Crippen molar-refractivity contribution < 1.29 is 0 Å². The van der Waals surface area contributed by atoms with E-state index in [0.29, 0.717) is 5.54 Å². The van der Waals surface area contributed by atoms with Crippen LogP contribution >= 0.6 is 0 Å². The van der Waals surface area contributed by atoms with Gasteiger partial charge in [-0.2, -0.15) is 0 Å². The molecule has 0 amide bonds. The summed E-state index contributed by atoms with van der Waals surface area (Å²) < 4.78 is 0. The fourth-order valence-corrected chi connectivity index (χ4v) is 2.92. The molecule has 12 heavy (non-hydrogen) atoms. The number of nitrogens with one attached hydrogen (secondary N) is 1. The van der Waals surface area contributed by atoms with E-state index in [1.807, 2.05) is 0 Å². The van der Waals surface area contributed by atoms with Crippen LogP contribution in [0.2, 0.25) is 0 Å². The first-order valence-electron chi connectivity index (χ1n) is 5.54. The molecule has 1 saturated heterocycles. The molecule has 1 aliphatic heterocycles. The predicted molar refractivity (Wildman–Crippen MR) is 52.1 cm³/mol. The van der Waals surface area contributed by atoms with Crippen LogP contribution in [0.3, 0.4) is 0 Å². The first-order chi connectivity index (χ1) is 5.79. The Kier molecular flexibility index (Phi) is 2.16. The number of hydrogen-bond acceptors (Lipinski definition) is 1. The molecule has 0 radical (unpaired) electrons. The van der Waals surface area contributed by atoms with E-state index in [1.54, 1.807) is 0 Å². The molecule has 0 aromatic rings. The highest BCUT2D eigenvalue weighted by atomic mass is 15.0. The zero-order chi connectivity index (χ0) is 8.60. The van der Waals surface area contributed by atoms with Gasteiger partial charge in [-0.1, -0.05) is 20.3 Å². The van der Waals surface area contributed by atoms with E-state index in [2.05, 4.69) is 19.2 Å². The first kappa shape index (κ1) is 8.55. The minimum atomic E-state index is 0.564. The second-order valence-electron chi connectivity index (χ2n) is 4.65. The molecule has 70 valence electrons. The van der Waals surface area contributed by atoms with Gasteiger partial charge in [-0.15, -0.1) is 0 Å². The third kappa shape index (κ3) is 1.19. The maximum atomic E-state index is 3.78. The largest absolute Gasteiger partial charge is 0.311 e. The van der Waals surface area contributed by atoms with Crippen molar-refractivity contribution in [3.63, 3.8) is 0 Å².